The van der Waals surface area contributed by atoms with Crippen LogP contribution >= 0.6 is 0 Å². The van der Waals surface area contributed by atoms with Crippen molar-refractivity contribution in [3.05, 3.63) is 65.0 Å². The summed E-state index contributed by atoms with van der Waals surface area (Å²) >= 11 is 0. The Labute approximate surface area is 149 Å². The second-order valence-electron chi connectivity index (χ2n) is 6.76. The van der Waals surface area contributed by atoms with E-state index in [0.717, 1.165) is 24.4 Å². The Morgan fingerprint density at radius 3 is 2.64 bits per heavy atom. The number of aryl methyl sites for hydroxylation is 1. The van der Waals surface area contributed by atoms with Gasteiger partial charge in [-0.15, -0.1) is 0 Å². The fourth-order valence-corrected chi connectivity index (χ4v) is 3.37. The summed E-state index contributed by atoms with van der Waals surface area (Å²) in [5.74, 6) is 0. The molecule has 132 valence electrons. The van der Waals surface area contributed by atoms with Gasteiger partial charge in [-0.25, -0.2) is 0 Å². The van der Waals surface area contributed by atoms with Crippen LogP contribution in [0.4, 0.5) is 0 Å². The van der Waals surface area contributed by atoms with Crippen LogP contribution in [0.25, 0.3) is 10.8 Å². The fraction of sp³-hybridized carbons (Fsp3) is 0.381. The predicted molar refractivity (Wildman–Crippen MR) is 103 cm³/mol. The molecule has 0 aliphatic carbocycles. The van der Waals surface area contributed by atoms with E-state index in [9.17, 15) is 0 Å². The highest BCUT2D eigenvalue weighted by Gasteiger charge is 2.12. The van der Waals surface area contributed by atoms with Crippen LogP contribution < -0.4 is 5.32 Å². The predicted octanol–water partition coefficient (Wildman–Crippen LogP) is 3.37. The molecular weight excluding hydrogens is 310 g/mol. The van der Waals surface area contributed by atoms with Gasteiger partial charge in [0.2, 0.25) is 0 Å². The van der Waals surface area contributed by atoms with E-state index >= 15 is 0 Å². The first-order chi connectivity index (χ1) is 12.1. The molecule has 0 saturated carbocycles. The molecule has 0 radical (unpaired) electrons. The minimum absolute atomic E-state index is 0.118. The van der Waals surface area contributed by atoms with Crippen LogP contribution in [-0.4, -0.2) is 27.5 Å². The van der Waals surface area contributed by atoms with Crippen LogP contribution in [0.1, 0.15) is 29.4 Å². The minimum Gasteiger partial charge on any atom is -0.394 e. The molecule has 1 aromatic heterocycles. The fourth-order valence-electron chi connectivity index (χ4n) is 3.37. The van der Waals surface area contributed by atoms with Gasteiger partial charge in [0.1, 0.15) is 0 Å². The van der Waals surface area contributed by atoms with E-state index in [-0.39, 0.29) is 6.61 Å². The molecule has 25 heavy (non-hydrogen) atoms. The monoisotopic (exact) mass is 337 g/mol. The molecule has 3 rings (SSSR count). The van der Waals surface area contributed by atoms with Crippen molar-refractivity contribution in [3.63, 3.8) is 0 Å². The van der Waals surface area contributed by atoms with Crippen LogP contribution in [0.15, 0.2) is 42.5 Å². The summed E-state index contributed by atoms with van der Waals surface area (Å²) in [6.07, 6.45) is 0.994. The molecule has 4 nitrogen and oxygen atoms in total. The molecule has 3 aromatic rings. The lowest BCUT2D eigenvalue weighted by molar-refractivity contribution is 0.267. The molecular formula is C21H27N3O. The number of aliphatic hydroxyl groups is 1. The molecule has 0 aliphatic rings. The Morgan fingerprint density at radius 2 is 1.88 bits per heavy atom. The first-order valence-electron chi connectivity index (χ1n) is 8.93. The van der Waals surface area contributed by atoms with Crippen LogP contribution in [-0.2, 0) is 19.5 Å². The number of benzene rings is 2. The molecule has 0 saturated heterocycles. The van der Waals surface area contributed by atoms with Crippen molar-refractivity contribution in [1.29, 1.82) is 0 Å². The molecule has 2 aromatic carbocycles. The largest absolute Gasteiger partial charge is 0.394 e. The average Bonchev–Trinajstić information content (AvgIpc) is 2.87. The van der Waals surface area contributed by atoms with Crippen molar-refractivity contribution in [2.75, 3.05) is 6.61 Å². The Morgan fingerprint density at radius 1 is 1.12 bits per heavy atom. The summed E-state index contributed by atoms with van der Waals surface area (Å²) in [4.78, 5) is 0. The third-order valence-electron chi connectivity index (χ3n) is 4.83. The van der Waals surface area contributed by atoms with Crippen LogP contribution in [0.2, 0.25) is 0 Å². The van der Waals surface area contributed by atoms with Crippen molar-refractivity contribution < 1.29 is 5.11 Å². The van der Waals surface area contributed by atoms with E-state index in [2.05, 4.69) is 66.7 Å². The van der Waals surface area contributed by atoms with E-state index in [0.29, 0.717) is 12.6 Å². The molecule has 2 N–H and O–H groups in total. The Hall–Kier alpha value is -2.17. The summed E-state index contributed by atoms with van der Waals surface area (Å²) in [6, 6.07) is 15.6. The lowest BCUT2D eigenvalue weighted by Crippen LogP contribution is -2.28. The van der Waals surface area contributed by atoms with Gasteiger partial charge in [-0.3, -0.25) is 4.68 Å². The first kappa shape index (κ1) is 17.6. The zero-order valence-corrected chi connectivity index (χ0v) is 15.3. The van der Waals surface area contributed by atoms with Crippen molar-refractivity contribution >= 4 is 10.8 Å². The number of nitrogens with zero attached hydrogens (tertiary/aromatic N) is 2. The third-order valence-corrected chi connectivity index (χ3v) is 4.83. The highest BCUT2D eigenvalue weighted by Crippen LogP contribution is 2.17. The first-order valence-corrected chi connectivity index (χ1v) is 8.93. The van der Waals surface area contributed by atoms with Gasteiger partial charge in [-0.2, -0.15) is 5.10 Å². The van der Waals surface area contributed by atoms with Crippen molar-refractivity contribution in [3.8, 4) is 0 Å². The molecule has 4 heteroatoms. The van der Waals surface area contributed by atoms with Crippen molar-refractivity contribution in [1.82, 2.24) is 15.1 Å². The van der Waals surface area contributed by atoms with E-state index < -0.39 is 0 Å². The summed E-state index contributed by atoms with van der Waals surface area (Å²) < 4.78 is 1.89. The standard InChI is InChI=1S/C21H27N3O/c1-15(12-18-8-9-19-6-4-5-7-20(19)13-18)22-14-21-16(2)23-24(10-11-25)17(21)3/h4-9,13,15,22,25H,10-12,14H2,1-3H3/t15-/m0/s1. The van der Waals surface area contributed by atoms with Gasteiger partial charge in [0, 0.05) is 23.8 Å². The maximum absolute atomic E-state index is 9.13. The SMILES string of the molecule is Cc1nn(CCO)c(C)c1CN[C@@H](C)Cc1ccc2ccccc2c1. The zero-order valence-electron chi connectivity index (χ0n) is 15.3. The van der Waals surface area contributed by atoms with E-state index in [4.69, 9.17) is 5.11 Å². The van der Waals surface area contributed by atoms with Crippen molar-refractivity contribution in [2.45, 2.75) is 46.3 Å². The average molecular weight is 337 g/mol. The second kappa shape index (κ2) is 7.81. The molecule has 0 aliphatic heterocycles. The van der Waals surface area contributed by atoms with Crippen molar-refractivity contribution in [2.24, 2.45) is 0 Å². The number of nitrogens with one attached hydrogen (secondary N) is 1. The number of hydrogen-bond acceptors (Lipinski definition) is 3. The Balaban J connectivity index is 1.63. The molecule has 0 spiro atoms. The third kappa shape index (κ3) is 4.09. The summed E-state index contributed by atoms with van der Waals surface area (Å²) in [7, 11) is 0. The second-order valence-corrected chi connectivity index (χ2v) is 6.76. The molecule has 0 unspecified atom stereocenters. The van der Waals surface area contributed by atoms with Crippen LogP contribution in [0, 0.1) is 13.8 Å². The normalized spacial score (nSPS) is 12.6. The highest BCUT2D eigenvalue weighted by atomic mass is 16.3. The molecule has 0 bridgehead atoms. The van der Waals surface area contributed by atoms with Gasteiger partial charge < -0.3 is 10.4 Å². The van der Waals surface area contributed by atoms with Gasteiger partial charge in [-0.1, -0.05) is 42.5 Å². The number of hydrogen-bond donors (Lipinski definition) is 2. The van der Waals surface area contributed by atoms with Gasteiger partial charge in [0.25, 0.3) is 0 Å². The van der Waals surface area contributed by atoms with E-state index in [1.807, 2.05) is 11.6 Å². The summed E-state index contributed by atoms with van der Waals surface area (Å²) in [5, 5.41) is 19.8. The highest BCUT2D eigenvalue weighted by molar-refractivity contribution is 5.82. The molecule has 1 atom stereocenters. The molecule has 0 fully saturated rings. The Bertz CT molecular complexity index is 853. The molecule has 1 heterocycles. The molecule has 0 amide bonds. The van der Waals surface area contributed by atoms with Crippen LogP contribution in [0.3, 0.4) is 0 Å². The maximum Gasteiger partial charge on any atom is 0.0644 e. The Kier molecular flexibility index (Phi) is 5.51. The lowest BCUT2D eigenvalue weighted by atomic mass is 10.0. The summed E-state index contributed by atoms with van der Waals surface area (Å²) in [5.41, 5.74) is 4.76. The topological polar surface area (TPSA) is 50.1 Å². The van der Waals surface area contributed by atoms with E-state index in [1.54, 1.807) is 0 Å². The number of rotatable bonds is 7. The minimum atomic E-state index is 0.118. The van der Waals surface area contributed by atoms with Gasteiger partial charge in [0.15, 0.2) is 0 Å². The lowest BCUT2D eigenvalue weighted by Gasteiger charge is -2.15. The number of aliphatic hydroxyl groups excluding tert-OH is 1. The van der Waals surface area contributed by atoms with E-state index in [1.165, 1.54) is 21.9 Å². The van der Waals surface area contributed by atoms with Gasteiger partial charge >= 0.3 is 0 Å². The summed E-state index contributed by atoms with van der Waals surface area (Å²) in [6.45, 7) is 7.80. The smallest absolute Gasteiger partial charge is 0.0644 e. The number of fused-ring (bicyclic) bond motifs is 1. The van der Waals surface area contributed by atoms with Gasteiger partial charge in [-0.05, 0) is 43.5 Å². The maximum atomic E-state index is 9.13. The number of aromatic nitrogens is 2. The zero-order chi connectivity index (χ0) is 17.8. The van der Waals surface area contributed by atoms with Gasteiger partial charge in [0.05, 0.1) is 18.8 Å². The van der Waals surface area contributed by atoms with Crippen LogP contribution in [0.5, 0.6) is 0 Å². The quantitative estimate of drug-likeness (QED) is 0.695.